The van der Waals surface area contributed by atoms with E-state index in [4.69, 9.17) is 14.7 Å². The highest BCUT2D eigenvalue weighted by atomic mass is 16.5. The van der Waals surface area contributed by atoms with Crippen LogP contribution in [0.4, 0.5) is 0 Å². The molecule has 0 aliphatic rings. The Morgan fingerprint density at radius 1 is 1.28 bits per heavy atom. The summed E-state index contributed by atoms with van der Waals surface area (Å²) in [7, 11) is 0. The molecule has 4 heteroatoms. The first-order chi connectivity index (χ1) is 8.69. The van der Waals surface area contributed by atoms with Crippen LogP contribution in [0, 0.1) is 0 Å². The van der Waals surface area contributed by atoms with E-state index in [0.29, 0.717) is 25.3 Å². The number of para-hydroxylation sites is 1. The summed E-state index contributed by atoms with van der Waals surface area (Å²) in [6.45, 7) is 6.94. The third-order valence-electron chi connectivity index (χ3n) is 2.45. The quantitative estimate of drug-likeness (QED) is 0.350. The van der Waals surface area contributed by atoms with Gasteiger partial charge in [-0.2, -0.15) is 0 Å². The van der Waals surface area contributed by atoms with Crippen molar-refractivity contribution in [1.82, 2.24) is 0 Å². The number of rotatable bonds is 7. The Hall–Kier alpha value is -1.55. The normalized spacial score (nSPS) is 11.9. The lowest BCUT2D eigenvalue weighted by molar-refractivity contribution is 0.0552. The fourth-order valence-electron chi connectivity index (χ4n) is 1.58. The van der Waals surface area contributed by atoms with Crippen molar-refractivity contribution >= 4 is 5.71 Å². The van der Waals surface area contributed by atoms with Crippen molar-refractivity contribution in [3.63, 3.8) is 0 Å². The number of oxime groups is 1. The van der Waals surface area contributed by atoms with Gasteiger partial charge in [-0.1, -0.05) is 24.2 Å². The van der Waals surface area contributed by atoms with E-state index in [1.165, 1.54) is 0 Å². The van der Waals surface area contributed by atoms with Gasteiger partial charge in [-0.05, 0) is 32.4 Å². The van der Waals surface area contributed by atoms with E-state index in [2.05, 4.69) is 5.16 Å². The Morgan fingerprint density at radius 2 is 2.00 bits per heavy atom. The number of hydrogen-bond donors (Lipinski definition) is 1. The molecule has 0 spiro atoms. The summed E-state index contributed by atoms with van der Waals surface area (Å²) in [5, 5.41) is 12.3. The first kappa shape index (κ1) is 14.5. The molecule has 0 saturated carbocycles. The Kier molecular flexibility index (Phi) is 6.22. The zero-order chi connectivity index (χ0) is 13.4. The van der Waals surface area contributed by atoms with Gasteiger partial charge in [0.25, 0.3) is 0 Å². The lowest BCUT2D eigenvalue weighted by Crippen LogP contribution is -2.12. The number of nitrogens with zero attached hydrogens (tertiary/aromatic N) is 1. The molecule has 1 aromatic rings. The van der Waals surface area contributed by atoms with Crippen molar-refractivity contribution in [2.45, 2.75) is 33.3 Å². The summed E-state index contributed by atoms with van der Waals surface area (Å²) in [6.07, 6.45) is 0.855. The Morgan fingerprint density at radius 3 is 2.61 bits per heavy atom. The molecule has 0 heterocycles. The topological polar surface area (TPSA) is 51.1 Å². The zero-order valence-electron chi connectivity index (χ0n) is 11.2. The fraction of sp³-hybridized carbons (Fsp3) is 0.500. The Labute approximate surface area is 108 Å². The summed E-state index contributed by atoms with van der Waals surface area (Å²) in [4.78, 5) is 0. The third kappa shape index (κ3) is 4.37. The van der Waals surface area contributed by atoms with Crippen LogP contribution >= 0.6 is 0 Å². The highest BCUT2D eigenvalue weighted by Gasteiger charge is 2.08. The van der Waals surface area contributed by atoms with Crippen LogP contribution in [0.15, 0.2) is 29.4 Å². The van der Waals surface area contributed by atoms with Crippen LogP contribution in [0.25, 0.3) is 0 Å². The van der Waals surface area contributed by atoms with Gasteiger partial charge in [0, 0.05) is 5.56 Å². The molecule has 1 aromatic carbocycles. The smallest absolute Gasteiger partial charge is 0.128 e. The van der Waals surface area contributed by atoms with Gasteiger partial charge in [-0.25, -0.2) is 0 Å². The predicted molar refractivity (Wildman–Crippen MR) is 71.6 cm³/mol. The van der Waals surface area contributed by atoms with E-state index < -0.39 is 0 Å². The Bertz CT molecular complexity index is 388. The monoisotopic (exact) mass is 251 g/mol. The maximum absolute atomic E-state index is 8.96. The van der Waals surface area contributed by atoms with Crippen LogP contribution in [-0.4, -0.2) is 30.2 Å². The van der Waals surface area contributed by atoms with Gasteiger partial charge in [0.2, 0.25) is 0 Å². The largest absolute Gasteiger partial charge is 0.490 e. The first-order valence-corrected chi connectivity index (χ1v) is 6.23. The number of ether oxygens (including phenoxy) is 2. The van der Waals surface area contributed by atoms with Gasteiger partial charge in [0.15, 0.2) is 0 Å². The standard InChI is InChI=1S/C14H21NO3/c1-4-13(15-16)12-7-5-6-8-14(12)18-10-9-17-11(2)3/h5-8,11,16H,4,9-10H2,1-3H3. The highest BCUT2D eigenvalue weighted by molar-refractivity contribution is 6.02. The molecular weight excluding hydrogens is 230 g/mol. The Balaban J connectivity index is 2.65. The van der Waals surface area contributed by atoms with Gasteiger partial charge >= 0.3 is 0 Å². The molecule has 18 heavy (non-hydrogen) atoms. The van der Waals surface area contributed by atoms with Gasteiger partial charge < -0.3 is 14.7 Å². The fourth-order valence-corrected chi connectivity index (χ4v) is 1.58. The maximum Gasteiger partial charge on any atom is 0.128 e. The average Bonchev–Trinajstić information content (AvgIpc) is 2.37. The minimum Gasteiger partial charge on any atom is -0.490 e. The molecular formula is C14H21NO3. The molecule has 0 saturated heterocycles. The van der Waals surface area contributed by atoms with Gasteiger partial charge in [-0.15, -0.1) is 0 Å². The maximum atomic E-state index is 8.96. The van der Waals surface area contributed by atoms with Crippen LogP contribution < -0.4 is 4.74 Å². The predicted octanol–water partition coefficient (Wildman–Crippen LogP) is 3.08. The van der Waals surface area contributed by atoms with Gasteiger partial charge in [-0.3, -0.25) is 0 Å². The first-order valence-electron chi connectivity index (χ1n) is 6.23. The summed E-state index contributed by atoms with van der Waals surface area (Å²) < 4.78 is 11.1. The van der Waals surface area contributed by atoms with Gasteiger partial charge in [0.1, 0.15) is 12.4 Å². The molecule has 0 unspecified atom stereocenters. The van der Waals surface area contributed by atoms with Crippen LogP contribution in [-0.2, 0) is 4.74 Å². The van der Waals surface area contributed by atoms with Crippen LogP contribution in [0.3, 0.4) is 0 Å². The van der Waals surface area contributed by atoms with E-state index in [1.54, 1.807) is 0 Å². The van der Waals surface area contributed by atoms with Crippen LogP contribution in [0.5, 0.6) is 5.75 Å². The van der Waals surface area contributed by atoms with E-state index in [0.717, 1.165) is 11.3 Å². The molecule has 100 valence electrons. The molecule has 4 nitrogen and oxygen atoms in total. The van der Waals surface area contributed by atoms with Crippen LogP contribution in [0.1, 0.15) is 32.8 Å². The number of hydrogen-bond acceptors (Lipinski definition) is 4. The molecule has 1 N–H and O–H groups in total. The molecule has 0 aliphatic carbocycles. The average molecular weight is 251 g/mol. The zero-order valence-corrected chi connectivity index (χ0v) is 11.2. The molecule has 0 aliphatic heterocycles. The summed E-state index contributed by atoms with van der Waals surface area (Å²) in [5.74, 6) is 0.722. The lowest BCUT2D eigenvalue weighted by atomic mass is 10.1. The summed E-state index contributed by atoms with van der Waals surface area (Å²) in [6, 6.07) is 7.54. The molecule has 0 aromatic heterocycles. The van der Waals surface area contributed by atoms with E-state index >= 15 is 0 Å². The van der Waals surface area contributed by atoms with Crippen molar-refractivity contribution in [2.24, 2.45) is 5.16 Å². The van der Waals surface area contributed by atoms with E-state index in [-0.39, 0.29) is 6.10 Å². The molecule has 0 atom stereocenters. The summed E-state index contributed by atoms with van der Waals surface area (Å²) in [5.41, 5.74) is 1.45. The molecule has 0 fully saturated rings. The highest BCUT2D eigenvalue weighted by Crippen LogP contribution is 2.20. The second-order valence-corrected chi connectivity index (χ2v) is 4.16. The molecule has 1 rings (SSSR count). The van der Waals surface area contributed by atoms with E-state index in [1.807, 2.05) is 45.0 Å². The van der Waals surface area contributed by atoms with Crippen molar-refractivity contribution in [2.75, 3.05) is 13.2 Å². The third-order valence-corrected chi connectivity index (χ3v) is 2.45. The second kappa shape index (κ2) is 7.71. The lowest BCUT2D eigenvalue weighted by Gasteiger charge is -2.12. The van der Waals surface area contributed by atoms with Crippen LogP contribution in [0.2, 0.25) is 0 Å². The molecule has 0 bridgehead atoms. The second-order valence-electron chi connectivity index (χ2n) is 4.16. The van der Waals surface area contributed by atoms with Crippen molar-refractivity contribution < 1.29 is 14.7 Å². The van der Waals surface area contributed by atoms with E-state index in [9.17, 15) is 0 Å². The SMILES string of the molecule is CCC(=NO)c1ccccc1OCCOC(C)C. The summed E-state index contributed by atoms with van der Waals surface area (Å²) >= 11 is 0. The van der Waals surface area contributed by atoms with Crippen molar-refractivity contribution in [3.05, 3.63) is 29.8 Å². The minimum absolute atomic E-state index is 0.203. The van der Waals surface area contributed by atoms with Crippen molar-refractivity contribution in [1.29, 1.82) is 0 Å². The molecule has 0 amide bonds. The van der Waals surface area contributed by atoms with Crippen molar-refractivity contribution in [3.8, 4) is 5.75 Å². The number of benzene rings is 1. The molecule has 0 radical (unpaired) electrons. The van der Waals surface area contributed by atoms with Gasteiger partial charge in [0.05, 0.1) is 18.4 Å². The minimum atomic E-state index is 0.203.